The van der Waals surface area contributed by atoms with Gasteiger partial charge in [0.1, 0.15) is 0 Å². The zero-order chi connectivity index (χ0) is 15.6. The molecule has 0 fully saturated rings. The average Bonchev–Trinajstić information content (AvgIpc) is 2.53. The van der Waals surface area contributed by atoms with Crippen LogP contribution < -0.4 is 10.6 Å². The number of rotatable bonds is 7. The Labute approximate surface area is 136 Å². The molecule has 2 aromatic carbocycles. The highest BCUT2D eigenvalue weighted by Crippen LogP contribution is 2.10. The molecule has 3 nitrogen and oxygen atoms in total. The number of hydrogen-bond acceptors (Lipinski definition) is 1. The van der Waals surface area contributed by atoms with E-state index in [1.165, 1.54) is 5.56 Å². The van der Waals surface area contributed by atoms with Gasteiger partial charge in [-0.05, 0) is 42.5 Å². The van der Waals surface area contributed by atoms with Crippen LogP contribution in [0.3, 0.4) is 0 Å². The minimum Gasteiger partial charge on any atom is -0.338 e. The lowest BCUT2D eigenvalue weighted by atomic mass is 10.1. The third kappa shape index (κ3) is 6.19. The first-order valence-electron chi connectivity index (χ1n) is 7.54. The molecular weight excluding hydrogens is 296 g/mol. The number of carbonyl (C=O) groups is 1. The summed E-state index contributed by atoms with van der Waals surface area (Å²) in [7, 11) is 0. The summed E-state index contributed by atoms with van der Waals surface area (Å²) in [6, 6.07) is 17.9. The smallest absolute Gasteiger partial charge is 0.314 e. The van der Waals surface area contributed by atoms with Crippen LogP contribution in [0.25, 0.3) is 0 Å². The zero-order valence-corrected chi connectivity index (χ0v) is 13.3. The van der Waals surface area contributed by atoms with Crippen molar-refractivity contribution in [3.8, 4) is 0 Å². The summed E-state index contributed by atoms with van der Waals surface area (Å²) in [5.41, 5.74) is 2.42. The van der Waals surface area contributed by atoms with Gasteiger partial charge >= 0.3 is 6.03 Å². The van der Waals surface area contributed by atoms with E-state index in [1.807, 2.05) is 42.5 Å². The lowest BCUT2D eigenvalue weighted by Gasteiger charge is -2.08. The third-order valence-corrected chi connectivity index (χ3v) is 3.59. The molecule has 0 saturated heterocycles. The summed E-state index contributed by atoms with van der Waals surface area (Å²) in [5, 5.41) is 6.46. The fourth-order valence-corrected chi connectivity index (χ4v) is 2.43. The van der Waals surface area contributed by atoms with Crippen molar-refractivity contribution < 1.29 is 4.79 Å². The Hall–Kier alpha value is -2.00. The van der Waals surface area contributed by atoms with Crippen LogP contribution in [-0.4, -0.2) is 19.1 Å². The van der Waals surface area contributed by atoms with Crippen LogP contribution in [0.1, 0.15) is 17.5 Å². The standard InChI is InChI=1S/C18H21ClN2O/c19-17-10-4-8-16(14-17)11-13-21-18(22)20-12-5-9-15-6-2-1-3-7-15/h1-4,6-8,10,14H,5,9,11-13H2,(H2,20,21,22). The maximum Gasteiger partial charge on any atom is 0.314 e. The van der Waals surface area contributed by atoms with Crippen LogP contribution in [0.4, 0.5) is 4.79 Å². The van der Waals surface area contributed by atoms with E-state index in [-0.39, 0.29) is 6.03 Å². The van der Waals surface area contributed by atoms with Gasteiger partial charge in [-0.15, -0.1) is 0 Å². The minimum atomic E-state index is -0.116. The van der Waals surface area contributed by atoms with E-state index in [4.69, 9.17) is 11.6 Å². The maximum atomic E-state index is 11.7. The number of carbonyl (C=O) groups excluding carboxylic acids is 1. The van der Waals surface area contributed by atoms with Crippen molar-refractivity contribution >= 4 is 17.6 Å². The molecule has 0 radical (unpaired) electrons. The molecule has 0 heterocycles. The second kappa shape index (κ2) is 9.11. The molecule has 0 aliphatic carbocycles. The van der Waals surface area contributed by atoms with E-state index < -0.39 is 0 Å². The molecule has 0 atom stereocenters. The van der Waals surface area contributed by atoms with Crippen molar-refractivity contribution in [2.45, 2.75) is 19.3 Å². The largest absolute Gasteiger partial charge is 0.338 e. The van der Waals surface area contributed by atoms with E-state index in [0.717, 1.165) is 29.8 Å². The molecule has 0 aliphatic heterocycles. The molecule has 2 rings (SSSR count). The number of urea groups is 1. The van der Waals surface area contributed by atoms with Gasteiger partial charge in [-0.2, -0.15) is 0 Å². The van der Waals surface area contributed by atoms with Gasteiger partial charge in [-0.3, -0.25) is 0 Å². The third-order valence-electron chi connectivity index (χ3n) is 3.36. The van der Waals surface area contributed by atoms with E-state index in [0.29, 0.717) is 13.1 Å². The summed E-state index contributed by atoms with van der Waals surface area (Å²) in [6.07, 6.45) is 2.69. The fourth-order valence-electron chi connectivity index (χ4n) is 2.21. The normalized spacial score (nSPS) is 10.2. The highest BCUT2D eigenvalue weighted by molar-refractivity contribution is 6.30. The quantitative estimate of drug-likeness (QED) is 0.749. The first-order chi connectivity index (χ1) is 10.7. The predicted octanol–water partition coefficient (Wildman–Crippen LogP) is 3.81. The van der Waals surface area contributed by atoms with Crippen LogP contribution in [0.5, 0.6) is 0 Å². The maximum absolute atomic E-state index is 11.7. The molecular formula is C18H21ClN2O. The number of nitrogens with one attached hydrogen (secondary N) is 2. The second-order valence-corrected chi connectivity index (χ2v) is 5.59. The zero-order valence-electron chi connectivity index (χ0n) is 12.5. The second-order valence-electron chi connectivity index (χ2n) is 5.15. The van der Waals surface area contributed by atoms with Gasteiger partial charge in [-0.25, -0.2) is 4.79 Å². The van der Waals surface area contributed by atoms with Crippen LogP contribution >= 0.6 is 11.6 Å². The van der Waals surface area contributed by atoms with E-state index in [1.54, 1.807) is 0 Å². The monoisotopic (exact) mass is 316 g/mol. The van der Waals surface area contributed by atoms with E-state index >= 15 is 0 Å². The number of hydrogen-bond donors (Lipinski definition) is 2. The number of amides is 2. The molecule has 2 aromatic rings. The molecule has 0 aromatic heterocycles. The predicted molar refractivity (Wildman–Crippen MR) is 91.3 cm³/mol. The van der Waals surface area contributed by atoms with Gasteiger partial charge in [0.15, 0.2) is 0 Å². The molecule has 2 N–H and O–H groups in total. The first kappa shape index (κ1) is 16.4. The lowest BCUT2D eigenvalue weighted by Crippen LogP contribution is -2.37. The Morgan fingerprint density at radius 3 is 2.36 bits per heavy atom. The van der Waals surface area contributed by atoms with Crippen molar-refractivity contribution in [3.05, 3.63) is 70.7 Å². The van der Waals surface area contributed by atoms with Gasteiger partial charge in [0.25, 0.3) is 0 Å². The van der Waals surface area contributed by atoms with Crippen molar-refractivity contribution in [2.24, 2.45) is 0 Å². The Kier molecular flexibility index (Phi) is 6.78. The number of benzene rings is 2. The van der Waals surface area contributed by atoms with Crippen molar-refractivity contribution in [1.29, 1.82) is 0 Å². The van der Waals surface area contributed by atoms with Crippen molar-refractivity contribution in [1.82, 2.24) is 10.6 Å². The molecule has 2 amide bonds. The lowest BCUT2D eigenvalue weighted by molar-refractivity contribution is 0.241. The molecule has 4 heteroatoms. The molecule has 116 valence electrons. The van der Waals surface area contributed by atoms with Crippen LogP contribution in [0, 0.1) is 0 Å². The summed E-state index contributed by atoms with van der Waals surface area (Å²) in [6.45, 7) is 1.28. The first-order valence-corrected chi connectivity index (χ1v) is 7.92. The molecule has 0 unspecified atom stereocenters. The van der Waals surface area contributed by atoms with Gasteiger partial charge in [0.05, 0.1) is 0 Å². The van der Waals surface area contributed by atoms with E-state index in [9.17, 15) is 4.79 Å². The van der Waals surface area contributed by atoms with Crippen LogP contribution in [0.15, 0.2) is 54.6 Å². The number of halogens is 1. The Bertz CT molecular complexity index is 587. The minimum absolute atomic E-state index is 0.116. The molecule has 0 saturated carbocycles. The van der Waals surface area contributed by atoms with Crippen molar-refractivity contribution in [3.63, 3.8) is 0 Å². The summed E-state index contributed by atoms with van der Waals surface area (Å²) >= 11 is 5.92. The summed E-state index contributed by atoms with van der Waals surface area (Å²) in [5.74, 6) is 0. The van der Waals surface area contributed by atoms with Gasteiger partial charge in [0, 0.05) is 18.1 Å². The topological polar surface area (TPSA) is 41.1 Å². The van der Waals surface area contributed by atoms with Gasteiger partial charge in [0.2, 0.25) is 0 Å². The highest BCUT2D eigenvalue weighted by atomic mass is 35.5. The van der Waals surface area contributed by atoms with Crippen LogP contribution in [-0.2, 0) is 12.8 Å². The van der Waals surface area contributed by atoms with Crippen LogP contribution in [0.2, 0.25) is 5.02 Å². The Morgan fingerprint density at radius 2 is 1.59 bits per heavy atom. The molecule has 0 spiro atoms. The Balaban J connectivity index is 1.56. The average molecular weight is 317 g/mol. The molecule has 0 aliphatic rings. The van der Waals surface area contributed by atoms with Gasteiger partial charge in [-0.1, -0.05) is 54.1 Å². The van der Waals surface area contributed by atoms with E-state index in [2.05, 4.69) is 22.8 Å². The number of aryl methyl sites for hydroxylation is 1. The SMILES string of the molecule is O=C(NCCCc1ccccc1)NCCc1cccc(Cl)c1. The Morgan fingerprint density at radius 1 is 0.864 bits per heavy atom. The molecule has 0 bridgehead atoms. The van der Waals surface area contributed by atoms with Gasteiger partial charge < -0.3 is 10.6 Å². The summed E-state index contributed by atoms with van der Waals surface area (Å²) in [4.78, 5) is 11.7. The highest BCUT2D eigenvalue weighted by Gasteiger charge is 2.00. The molecule has 22 heavy (non-hydrogen) atoms. The fraction of sp³-hybridized carbons (Fsp3) is 0.278. The summed E-state index contributed by atoms with van der Waals surface area (Å²) < 4.78 is 0. The van der Waals surface area contributed by atoms with Crippen molar-refractivity contribution in [2.75, 3.05) is 13.1 Å².